The lowest BCUT2D eigenvalue weighted by Crippen LogP contribution is -2.48. The molecule has 0 aliphatic carbocycles. The number of hydrogen-bond acceptors (Lipinski definition) is 7. The molecular formula is C24H29N3O4S2. The Bertz CT molecular complexity index is 1240. The molecule has 0 N–H and O–H groups in total. The summed E-state index contributed by atoms with van der Waals surface area (Å²) >= 11 is 1.69. The van der Waals surface area contributed by atoms with Crippen LogP contribution in [0.5, 0.6) is 5.75 Å². The van der Waals surface area contributed by atoms with E-state index in [-0.39, 0.29) is 23.0 Å². The maximum absolute atomic E-state index is 12.7. The van der Waals surface area contributed by atoms with E-state index in [9.17, 15) is 13.2 Å². The molecule has 33 heavy (non-hydrogen) atoms. The van der Waals surface area contributed by atoms with Gasteiger partial charge in [0.25, 0.3) is 0 Å². The number of carbonyl (C=O) groups excluding carboxylic acids is 1. The number of benzene rings is 2. The van der Waals surface area contributed by atoms with E-state index in [1.54, 1.807) is 35.6 Å². The Morgan fingerprint density at radius 2 is 1.76 bits per heavy atom. The molecule has 4 rings (SSSR count). The molecule has 1 saturated heterocycles. The Balaban J connectivity index is 1.28. The fourth-order valence-electron chi connectivity index (χ4n) is 3.97. The normalized spacial score (nSPS) is 14.6. The molecule has 1 aromatic heterocycles. The Kier molecular flexibility index (Phi) is 6.90. The summed E-state index contributed by atoms with van der Waals surface area (Å²) in [6, 6.07) is 10.6. The van der Waals surface area contributed by atoms with Crippen LogP contribution in [-0.2, 0) is 14.6 Å². The monoisotopic (exact) mass is 487 g/mol. The first-order chi connectivity index (χ1) is 15.8. The second-order valence-corrected chi connectivity index (χ2v) is 11.4. The van der Waals surface area contributed by atoms with Crippen LogP contribution in [0, 0.1) is 13.8 Å². The molecular weight excluding hydrogens is 458 g/mol. The molecule has 1 amide bonds. The first kappa shape index (κ1) is 23.5. The first-order valence-corrected chi connectivity index (χ1v) is 13.5. The number of anilines is 1. The lowest BCUT2D eigenvalue weighted by atomic mass is 10.1. The maximum Gasteiger partial charge on any atom is 0.222 e. The zero-order chi connectivity index (χ0) is 23.6. The standard InChI is InChI=1S/C24H29N3O4S2/c1-17-6-11-21-23(18(17)2)25-24(32-21)27-14-12-26(13-15-27)22(28)5-4-16-33(29,30)20-9-7-19(31-3)8-10-20/h6-11H,4-5,12-16H2,1-3H3. The highest BCUT2D eigenvalue weighted by Gasteiger charge is 2.24. The minimum atomic E-state index is -3.42. The van der Waals surface area contributed by atoms with E-state index in [1.165, 1.54) is 22.9 Å². The van der Waals surface area contributed by atoms with Gasteiger partial charge in [0.2, 0.25) is 5.91 Å². The van der Waals surface area contributed by atoms with Gasteiger partial charge in [-0.15, -0.1) is 0 Å². The molecule has 1 aliphatic heterocycles. The van der Waals surface area contributed by atoms with Crippen molar-refractivity contribution in [3.63, 3.8) is 0 Å². The second kappa shape index (κ2) is 9.69. The van der Waals surface area contributed by atoms with E-state index in [4.69, 9.17) is 9.72 Å². The number of ether oxygens (including phenoxy) is 1. The highest BCUT2D eigenvalue weighted by Crippen LogP contribution is 2.32. The topological polar surface area (TPSA) is 79.8 Å². The van der Waals surface area contributed by atoms with Crippen molar-refractivity contribution in [2.45, 2.75) is 31.6 Å². The van der Waals surface area contributed by atoms with Crippen LogP contribution in [0.4, 0.5) is 5.13 Å². The smallest absolute Gasteiger partial charge is 0.222 e. The number of aryl methyl sites for hydroxylation is 2. The number of aromatic nitrogens is 1. The van der Waals surface area contributed by atoms with Crippen molar-refractivity contribution in [2.75, 3.05) is 43.9 Å². The van der Waals surface area contributed by atoms with Gasteiger partial charge in [0, 0.05) is 32.6 Å². The third-order valence-corrected chi connectivity index (χ3v) is 9.10. The molecule has 176 valence electrons. The molecule has 1 aliphatic rings. The van der Waals surface area contributed by atoms with E-state index in [2.05, 4.69) is 30.9 Å². The average Bonchev–Trinajstić information content (AvgIpc) is 3.26. The molecule has 0 saturated carbocycles. The Labute approximate surface area is 198 Å². The van der Waals surface area contributed by atoms with Gasteiger partial charge in [0.05, 0.1) is 28.0 Å². The van der Waals surface area contributed by atoms with Crippen molar-refractivity contribution >= 4 is 42.4 Å². The van der Waals surface area contributed by atoms with Crippen LogP contribution in [0.2, 0.25) is 0 Å². The molecule has 0 bridgehead atoms. The fraction of sp³-hybridized carbons (Fsp3) is 0.417. The van der Waals surface area contributed by atoms with Crippen molar-refractivity contribution in [1.82, 2.24) is 9.88 Å². The minimum Gasteiger partial charge on any atom is -0.497 e. The van der Waals surface area contributed by atoms with Gasteiger partial charge in [0.1, 0.15) is 5.75 Å². The van der Waals surface area contributed by atoms with Crippen molar-refractivity contribution in [3.8, 4) is 5.75 Å². The zero-order valence-corrected chi connectivity index (χ0v) is 20.8. The van der Waals surface area contributed by atoms with Crippen molar-refractivity contribution < 1.29 is 17.9 Å². The first-order valence-electron chi connectivity index (χ1n) is 11.0. The number of amides is 1. The van der Waals surface area contributed by atoms with Gasteiger partial charge >= 0.3 is 0 Å². The molecule has 2 aromatic carbocycles. The van der Waals surface area contributed by atoms with Gasteiger partial charge in [-0.25, -0.2) is 13.4 Å². The van der Waals surface area contributed by atoms with E-state index < -0.39 is 9.84 Å². The lowest BCUT2D eigenvalue weighted by molar-refractivity contribution is -0.131. The van der Waals surface area contributed by atoms with Crippen LogP contribution in [-0.4, -0.2) is 63.3 Å². The molecule has 0 unspecified atom stereocenters. The Hall–Kier alpha value is -2.65. The largest absolute Gasteiger partial charge is 0.497 e. The SMILES string of the molecule is COc1ccc(S(=O)(=O)CCCC(=O)N2CCN(c3nc4c(C)c(C)ccc4s3)CC2)cc1. The number of fused-ring (bicyclic) bond motifs is 1. The fourth-order valence-corrected chi connectivity index (χ4v) is 6.36. The summed E-state index contributed by atoms with van der Waals surface area (Å²) in [4.78, 5) is 21.8. The minimum absolute atomic E-state index is 0.00958. The highest BCUT2D eigenvalue weighted by atomic mass is 32.2. The van der Waals surface area contributed by atoms with E-state index in [1.807, 2.05) is 4.90 Å². The number of rotatable bonds is 7. The van der Waals surface area contributed by atoms with Gasteiger partial charge in [0.15, 0.2) is 15.0 Å². The zero-order valence-electron chi connectivity index (χ0n) is 19.2. The Morgan fingerprint density at radius 3 is 2.42 bits per heavy atom. The summed E-state index contributed by atoms with van der Waals surface area (Å²) in [6.07, 6.45) is 0.541. The summed E-state index contributed by atoms with van der Waals surface area (Å²) in [5.74, 6) is 0.574. The third kappa shape index (κ3) is 5.14. The summed E-state index contributed by atoms with van der Waals surface area (Å²) in [6.45, 7) is 6.91. The van der Waals surface area contributed by atoms with Gasteiger partial charge in [-0.2, -0.15) is 0 Å². The number of piperazine rings is 1. The highest BCUT2D eigenvalue weighted by molar-refractivity contribution is 7.91. The summed E-state index contributed by atoms with van der Waals surface area (Å²) in [7, 11) is -1.88. The van der Waals surface area contributed by atoms with E-state index in [0.29, 0.717) is 25.3 Å². The summed E-state index contributed by atoms with van der Waals surface area (Å²) in [5, 5.41) is 0.997. The van der Waals surface area contributed by atoms with Gasteiger partial charge in [-0.3, -0.25) is 4.79 Å². The molecule has 3 aromatic rings. The number of carbonyl (C=O) groups is 1. The van der Waals surface area contributed by atoms with Crippen molar-refractivity contribution in [3.05, 3.63) is 47.5 Å². The molecule has 0 spiro atoms. The van der Waals surface area contributed by atoms with Crippen LogP contribution < -0.4 is 9.64 Å². The molecule has 2 heterocycles. The van der Waals surface area contributed by atoms with E-state index >= 15 is 0 Å². The molecule has 7 nitrogen and oxygen atoms in total. The summed E-state index contributed by atoms with van der Waals surface area (Å²) < 4.78 is 31.3. The molecule has 1 fully saturated rings. The molecule has 0 atom stereocenters. The number of nitrogens with zero attached hydrogens (tertiary/aromatic N) is 3. The van der Waals surface area contributed by atoms with Gasteiger partial charge in [-0.1, -0.05) is 17.4 Å². The number of sulfone groups is 1. The number of methoxy groups -OCH3 is 1. The molecule has 0 radical (unpaired) electrons. The number of thiazole rings is 1. The van der Waals surface area contributed by atoms with Crippen LogP contribution in [0.15, 0.2) is 41.3 Å². The second-order valence-electron chi connectivity index (χ2n) is 8.32. The van der Waals surface area contributed by atoms with E-state index in [0.717, 1.165) is 23.7 Å². The maximum atomic E-state index is 12.7. The average molecular weight is 488 g/mol. The Morgan fingerprint density at radius 1 is 1.06 bits per heavy atom. The van der Waals surface area contributed by atoms with Crippen LogP contribution >= 0.6 is 11.3 Å². The van der Waals surface area contributed by atoms with Crippen LogP contribution in [0.25, 0.3) is 10.2 Å². The van der Waals surface area contributed by atoms with Gasteiger partial charge < -0.3 is 14.5 Å². The van der Waals surface area contributed by atoms with Gasteiger partial charge in [-0.05, 0) is 61.7 Å². The van der Waals surface area contributed by atoms with Crippen molar-refractivity contribution in [2.24, 2.45) is 0 Å². The molecule has 9 heteroatoms. The van der Waals surface area contributed by atoms with Crippen LogP contribution in [0.3, 0.4) is 0 Å². The summed E-state index contributed by atoms with van der Waals surface area (Å²) in [5.41, 5.74) is 3.52. The van der Waals surface area contributed by atoms with Crippen LogP contribution in [0.1, 0.15) is 24.0 Å². The number of hydrogen-bond donors (Lipinski definition) is 0. The predicted octanol–water partition coefficient (Wildman–Crippen LogP) is 3.82. The third-order valence-electron chi connectivity index (χ3n) is 6.20. The predicted molar refractivity (Wildman–Crippen MR) is 132 cm³/mol. The lowest BCUT2D eigenvalue weighted by Gasteiger charge is -2.34. The quantitative estimate of drug-likeness (QED) is 0.504. The van der Waals surface area contributed by atoms with Crippen molar-refractivity contribution in [1.29, 1.82) is 0 Å².